The van der Waals surface area contributed by atoms with Crippen LogP contribution in [0.1, 0.15) is 55.0 Å². The van der Waals surface area contributed by atoms with Crippen molar-refractivity contribution in [2.75, 3.05) is 0 Å². The summed E-state index contributed by atoms with van der Waals surface area (Å²) in [7, 11) is 0. The summed E-state index contributed by atoms with van der Waals surface area (Å²) in [6.07, 6.45) is -3.66. The summed E-state index contributed by atoms with van der Waals surface area (Å²) < 4.78 is 58.1. The lowest BCUT2D eigenvalue weighted by Gasteiger charge is -2.18. The van der Waals surface area contributed by atoms with Gasteiger partial charge in [0.25, 0.3) is 0 Å². The van der Waals surface area contributed by atoms with Crippen LogP contribution in [0.3, 0.4) is 0 Å². The molecule has 188 valence electrons. The molecule has 0 unspecified atom stereocenters. The molecule has 5 nitrogen and oxygen atoms in total. The monoisotopic (exact) mass is 520 g/mol. The number of aryl methyl sites for hydroxylation is 2. The molecule has 0 radical (unpaired) electrons. The fraction of sp³-hybridized carbons (Fsp3) is 0.385. The zero-order valence-electron chi connectivity index (χ0n) is 19.2. The molecule has 1 atom stereocenters. The van der Waals surface area contributed by atoms with Crippen LogP contribution in [0.25, 0.3) is 22.5 Å². The van der Waals surface area contributed by atoms with Crippen molar-refractivity contribution in [1.29, 1.82) is 0 Å². The van der Waals surface area contributed by atoms with Crippen molar-refractivity contribution in [2.24, 2.45) is 5.41 Å². The summed E-state index contributed by atoms with van der Waals surface area (Å²) >= 11 is 6.14. The van der Waals surface area contributed by atoms with Crippen LogP contribution >= 0.6 is 11.6 Å². The van der Waals surface area contributed by atoms with E-state index in [2.05, 4.69) is 10.1 Å². The molecule has 0 saturated heterocycles. The van der Waals surface area contributed by atoms with E-state index in [1.54, 1.807) is 19.1 Å². The van der Waals surface area contributed by atoms with E-state index in [0.717, 1.165) is 11.1 Å². The number of hydrogen-bond donors (Lipinski definition) is 0. The van der Waals surface area contributed by atoms with E-state index in [1.165, 1.54) is 6.07 Å². The molecule has 1 saturated carbocycles. The predicted octanol–water partition coefficient (Wildman–Crippen LogP) is 6.80. The Bertz CT molecular complexity index is 1380. The lowest BCUT2D eigenvalue weighted by atomic mass is 9.85. The highest BCUT2D eigenvalue weighted by Gasteiger charge is 2.54. The maximum absolute atomic E-state index is 14.9. The molecule has 2 aliphatic carbocycles. The third-order valence-corrected chi connectivity index (χ3v) is 7.37. The van der Waals surface area contributed by atoms with E-state index >= 15 is 0 Å². The van der Waals surface area contributed by atoms with Gasteiger partial charge in [0.05, 0.1) is 5.56 Å². The first-order valence-electron chi connectivity index (χ1n) is 11.5. The van der Waals surface area contributed by atoms with Gasteiger partial charge in [0.2, 0.25) is 17.5 Å². The number of ketones is 2. The van der Waals surface area contributed by atoms with Crippen molar-refractivity contribution in [3.63, 3.8) is 0 Å². The standard InChI is InChI=1S/C26H21ClF4N2O3/c1-13-32-24(33-36-13)23-19(10-17(27)11-20(23)28)15-4-5-18-14(8-15)2-3-16(18)9-21(34)25(6-7-25)12-22(35)26(29,30)31/h4-5,8,10-11,16H,2-3,6-7,9,12H2,1H3/t16-/m1/s1. The van der Waals surface area contributed by atoms with Gasteiger partial charge in [-0.05, 0) is 66.0 Å². The van der Waals surface area contributed by atoms with Crippen LogP contribution in [0.2, 0.25) is 5.02 Å². The van der Waals surface area contributed by atoms with Gasteiger partial charge in [0.15, 0.2) is 0 Å². The van der Waals surface area contributed by atoms with E-state index < -0.39 is 29.6 Å². The fourth-order valence-corrected chi connectivity index (χ4v) is 5.27. The van der Waals surface area contributed by atoms with Crippen LogP contribution < -0.4 is 0 Å². The molecule has 0 N–H and O–H groups in total. The summed E-state index contributed by atoms with van der Waals surface area (Å²) in [5.74, 6) is -2.47. The number of benzene rings is 2. The molecule has 0 bridgehead atoms. The highest BCUT2D eigenvalue weighted by atomic mass is 35.5. The summed E-state index contributed by atoms with van der Waals surface area (Å²) in [6, 6.07) is 8.36. The predicted molar refractivity (Wildman–Crippen MR) is 123 cm³/mol. The maximum atomic E-state index is 14.9. The topological polar surface area (TPSA) is 73.1 Å². The first kappa shape index (κ1) is 24.6. The van der Waals surface area contributed by atoms with Gasteiger partial charge in [0, 0.05) is 30.2 Å². The van der Waals surface area contributed by atoms with E-state index in [9.17, 15) is 27.2 Å². The molecule has 0 amide bonds. The highest BCUT2D eigenvalue weighted by Crippen LogP contribution is 2.53. The molecule has 3 aromatic rings. The Labute approximate surface area is 208 Å². The van der Waals surface area contributed by atoms with Crippen LogP contribution in [0.5, 0.6) is 0 Å². The molecule has 1 heterocycles. The van der Waals surface area contributed by atoms with E-state index in [1.807, 2.05) is 12.1 Å². The summed E-state index contributed by atoms with van der Waals surface area (Å²) in [5, 5.41) is 4.05. The second-order valence-corrected chi connectivity index (χ2v) is 10.0. The van der Waals surface area contributed by atoms with Crippen LogP contribution in [-0.2, 0) is 16.0 Å². The van der Waals surface area contributed by atoms with Crippen molar-refractivity contribution in [3.05, 3.63) is 58.2 Å². The first-order chi connectivity index (χ1) is 17.0. The SMILES string of the molecule is Cc1nc(-c2c(F)cc(Cl)cc2-c2ccc3c(c2)CC[C@@H]3CC(=O)C2(CC(=O)C(F)(F)F)CC2)no1. The van der Waals surface area contributed by atoms with E-state index in [-0.39, 0.29) is 40.4 Å². The van der Waals surface area contributed by atoms with Gasteiger partial charge in [-0.1, -0.05) is 35.0 Å². The maximum Gasteiger partial charge on any atom is 0.450 e. The minimum absolute atomic E-state index is 0.0939. The third-order valence-electron chi connectivity index (χ3n) is 7.15. The Balaban J connectivity index is 1.40. The van der Waals surface area contributed by atoms with Crippen molar-refractivity contribution >= 4 is 23.2 Å². The molecule has 0 spiro atoms. The molecule has 36 heavy (non-hydrogen) atoms. The van der Waals surface area contributed by atoms with Gasteiger partial charge < -0.3 is 4.52 Å². The van der Waals surface area contributed by atoms with Gasteiger partial charge in [0.1, 0.15) is 11.6 Å². The molecular weight excluding hydrogens is 500 g/mol. The highest BCUT2D eigenvalue weighted by molar-refractivity contribution is 6.31. The first-order valence-corrected chi connectivity index (χ1v) is 11.9. The van der Waals surface area contributed by atoms with Crippen molar-refractivity contribution in [1.82, 2.24) is 10.1 Å². The van der Waals surface area contributed by atoms with Crippen molar-refractivity contribution in [2.45, 2.75) is 57.5 Å². The van der Waals surface area contributed by atoms with E-state index in [4.69, 9.17) is 16.1 Å². The number of Topliss-reactive ketones (excluding diaryl/α,β-unsaturated/α-hetero) is 2. The average molecular weight is 521 g/mol. The number of carbonyl (C=O) groups is 2. The second-order valence-electron chi connectivity index (χ2n) is 9.60. The number of fused-ring (bicyclic) bond motifs is 1. The lowest BCUT2D eigenvalue weighted by Crippen LogP contribution is -2.29. The Morgan fingerprint density at radius 2 is 1.94 bits per heavy atom. The number of aromatic nitrogens is 2. The second kappa shape index (κ2) is 8.80. The van der Waals surface area contributed by atoms with Crippen LogP contribution in [-0.4, -0.2) is 27.9 Å². The van der Waals surface area contributed by atoms with Crippen LogP contribution in [0.15, 0.2) is 34.9 Å². The number of rotatable bonds is 7. The van der Waals surface area contributed by atoms with Crippen molar-refractivity contribution < 1.29 is 31.7 Å². The number of nitrogens with zero attached hydrogens (tertiary/aromatic N) is 2. The van der Waals surface area contributed by atoms with Gasteiger partial charge in [-0.3, -0.25) is 9.59 Å². The Kier molecular flexibility index (Phi) is 6.01. The van der Waals surface area contributed by atoms with Crippen LogP contribution in [0, 0.1) is 18.2 Å². The Morgan fingerprint density at radius 1 is 1.19 bits per heavy atom. The number of hydrogen-bond acceptors (Lipinski definition) is 5. The molecule has 2 aromatic carbocycles. The van der Waals surface area contributed by atoms with Gasteiger partial charge in [-0.2, -0.15) is 18.2 Å². The lowest BCUT2D eigenvalue weighted by molar-refractivity contribution is -0.172. The van der Waals surface area contributed by atoms with Crippen molar-refractivity contribution in [3.8, 4) is 22.5 Å². The molecule has 10 heteroatoms. The summed E-state index contributed by atoms with van der Waals surface area (Å²) in [5.41, 5.74) is 2.07. The molecule has 2 aliphatic rings. The number of carbonyl (C=O) groups excluding carboxylic acids is 2. The van der Waals surface area contributed by atoms with Crippen LogP contribution in [0.4, 0.5) is 17.6 Å². The zero-order chi connectivity index (χ0) is 25.8. The number of halogens is 5. The molecule has 0 aliphatic heterocycles. The number of alkyl halides is 3. The third kappa shape index (κ3) is 4.56. The Morgan fingerprint density at radius 3 is 2.58 bits per heavy atom. The molecule has 5 rings (SSSR count). The molecular formula is C26H21ClF4N2O3. The Hall–Kier alpha value is -3.07. The summed E-state index contributed by atoms with van der Waals surface area (Å²) in [6.45, 7) is 1.60. The fourth-order valence-electron chi connectivity index (χ4n) is 5.07. The zero-order valence-corrected chi connectivity index (χ0v) is 20.0. The van der Waals surface area contributed by atoms with Gasteiger partial charge in [-0.25, -0.2) is 4.39 Å². The quantitative estimate of drug-likeness (QED) is 0.320. The minimum Gasteiger partial charge on any atom is -0.339 e. The van der Waals surface area contributed by atoms with E-state index in [0.29, 0.717) is 36.8 Å². The minimum atomic E-state index is -4.93. The smallest absolute Gasteiger partial charge is 0.339 e. The molecule has 1 fully saturated rings. The van der Waals surface area contributed by atoms with Gasteiger partial charge in [-0.15, -0.1) is 0 Å². The molecule has 1 aromatic heterocycles. The normalized spacial score (nSPS) is 18.2. The average Bonchev–Trinajstić information content (AvgIpc) is 3.29. The summed E-state index contributed by atoms with van der Waals surface area (Å²) in [4.78, 5) is 28.6. The van der Waals surface area contributed by atoms with Gasteiger partial charge >= 0.3 is 6.18 Å². The largest absolute Gasteiger partial charge is 0.450 e.